The number of carbonyl (C=O) groups excluding carboxylic acids is 3. The fraction of sp³-hybridized carbons (Fsp3) is 0.455. The van der Waals surface area contributed by atoms with Gasteiger partial charge in [0.25, 0.3) is 11.7 Å². The van der Waals surface area contributed by atoms with Crippen LogP contribution in [0.25, 0.3) is 0 Å². The summed E-state index contributed by atoms with van der Waals surface area (Å²) in [6.45, 7) is 5.07. The van der Waals surface area contributed by atoms with Crippen LogP contribution in [0.15, 0.2) is 18.3 Å². The largest absolute Gasteiger partial charge is 0.393 e. The Morgan fingerprint density at radius 2 is 1.87 bits per heavy atom. The van der Waals surface area contributed by atoms with Crippen LogP contribution in [0.1, 0.15) is 64.7 Å². The average molecular weight is 430 g/mol. The molecular formula is C22H27FN4O4. The summed E-state index contributed by atoms with van der Waals surface area (Å²) in [5.41, 5.74) is 6.10. The third-order valence-corrected chi connectivity index (χ3v) is 6.33. The number of halogens is 1. The van der Waals surface area contributed by atoms with Gasteiger partial charge in [-0.2, -0.15) is 4.39 Å². The molecule has 31 heavy (non-hydrogen) atoms. The second kappa shape index (κ2) is 8.22. The summed E-state index contributed by atoms with van der Waals surface area (Å²) in [4.78, 5) is 43.8. The molecule has 8 nitrogen and oxygen atoms in total. The first-order valence-corrected chi connectivity index (χ1v) is 10.1. The van der Waals surface area contributed by atoms with Crippen LogP contribution in [0.4, 0.5) is 10.1 Å². The molecule has 0 saturated heterocycles. The molecule has 3 rings (SSSR count). The van der Waals surface area contributed by atoms with E-state index < -0.39 is 35.2 Å². The van der Waals surface area contributed by atoms with E-state index in [9.17, 15) is 23.9 Å². The fourth-order valence-corrected chi connectivity index (χ4v) is 4.49. The van der Waals surface area contributed by atoms with E-state index in [0.29, 0.717) is 36.9 Å². The highest BCUT2D eigenvalue weighted by Crippen LogP contribution is 2.37. The predicted octanol–water partition coefficient (Wildman–Crippen LogP) is 2.18. The van der Waals surface area contributed by atoms with Gasteiger partial charge in [0.2, 0.25) is 5.95 Å². The van der Waals surface area contributed by atoms with Gasteiger partial charge in [-0.15, -0.1) is 0 Å². The molecule has 2 amide bonds. The Hall–Kier alpha value is -3.07. The zero-order valence-corrected chi connectivity index (χ0v) is 18.1. The van der Waals surface area contributed by atoms with E-state index in [-0.39, 0.29) is 16.9 Å². The number of anilines is 1. The first-order chi connectivity index (χ1) is 14.5. The predicted molar refractivity (Wildman–Crippen MR) is 112 cm³/mol. The molecule has 166 valence electrons. The molecule has 0 aromatic carbocycles. The number of nitrogens with zero attached hydrogens (tertiary/aromatic N) is 3. The first kappa shape index (κ1) is 22.6. The van der Waals surface area contributed by atoms with Gasteiger partial charge in [-0.25, -0.2) is 4.98 Å². The minimum atomic E-state index is -0.813. The van der Waals surface area contributed by atoms with E-state index in [1.807, 2.05) is 6.92 Å². The molecular weight excluding hydrogens is 403 g/mol. The fourth-order valence-electron chi connectivity index (χ4n) is 4.49. The number of ketones is 1. The van der Waals surface area contributed by atoms with Crippen molar-refractivity contribution in [2.75, 3.05) is 4.90 Å². The van der Waals surface area contributed by atoms with Crippen molar-refractivity contribution in [3.05, 3.63) is 46.8 Å². The summed E-state index contributed by atoms with van der Waals surface area (Å²) in [6.07, 6.45) is 2.61. The van der Waals surface area contributed by atoms with Crippen molar-refractivity contribution < 1.29 is 23.9 Å². The van der Waals surface area contributed by atoms with Gasteiger partial charge in [-0.3, -0.25) is 19.3 Å². The summed E-state index contributed by atoms with van der Waals surface area (Å²) < 4.78 is 14.9. The molecule has 2 aromatic rings. The van der Waals surface area contributed by atoms with E-state index in [1.165, 1.54) is 21.7 Å². The maximum Gasteiger partial charge on any atom is 0.301 e. The Morgan fingerprint density at radius 3 is 2.35 bits per heavy atom. The molecule has 0 radical (unpaired) electrons. The molecule has 1 fully saturated rings. The number of aliphatic hydroxyl groups excluding tert-OH is 1. The third-order valence-electron chi connectivity index (χ3n) is 6.33. The van der Waals surface area contributed by atoms with Crippen LogP contribution >= 0.6 is 0 Å². The monoisotopic (exact) mass is 430 g/mol. The van der Waals surface area contributed by atoms with Crippen LogP contribution < -0.4 is 10.6 Å². The number of hydrogen-bond acceptors (Lipinski definition) is 5. The number of nitrogens with two attached hydrogens (primary N) is 1. The molecule has 3 N–H and O–H groups in total. The number of rotatable bonds is 5. The summed E-state index contributed by atoms with van der Waals surface area (Å²) >= 11 is 0. The molecule has 2 heterocycles. The van der Waals surface area contributed by atoms with Gasteiger partial charge in [0.05, 0.1) is 29.2 Å². The van der Waals surface area contributed by atoms with Gasteiger partial charge in [-0.05, 0) is 64.2 Å². The average Bonchev–Trinajstić information content (AvgIpc) is 2.94. The lowest BCUT2D eigenvalue weighted by atomic mass is 9.80. The van der Waals surface area contributed by atoms with Crippen LogP contribution in [-0.2, 0) is 11.8 Å². The minimum absolute atomic E-state index is 0.0795. The minimum Gasteiger partial charge on any atom is -0.393 e. The maximum atomic E-state index is 13.6. The zero-order valence-electron chi connectivity index (χ0n) is 18.1. The number of amides is 2. The van der Waals surface area contributed by atoms with Gasteiger partial charge >= 0.3 is 5.91 Å². The maximum absolute atomic E-state index is 13.6. The van der Waals surface area contributed by atoms with Crippen molar-refractivity contribution in [3.8, 4) is 0 Å². The lowest BCUT2D eigenvalue weighted by Gasteiger charge is -2.44. The van der Waals surface area contributed by atoms with E-state index in [4.69, 9.17) is 5.73 Å². The van der Waals surface area contributed by atoms with Gasteiger partial charge in [-0.1, -0.05) is 0 Å². The highest BCUT2D eigenvalue weighted by atomic mass is 19.1. The highest BCUT2D eigenvalue weighted by molar-refractivity contribution is 6.47. The van der Waals surface area contributed by atoms with Crippen molar-refractivity contribution in [2.24, 2.45) is 12.8 Å². The molecule has 0 atom stereocenters. The summed E-state index contributed by atoms with van der Waals surface area (Å²) in [7, 11) is 1.59. The van der Waals surface area contributed by atoms with Crippen molar-refractivity contribution in [1.82, 2.24) is 9.55 Å². The number of pyridine rings is 1. The van der Waals surface area contributed by atoms with Crippen LogP contribution in [0.5, 0.6) is 0 Å². The Labute approximate surface area is 179 Å². The Morgan fingerprint density at radius 1 is 1.26 bits per heavy atom. The normalized spacial score (nSPS) is 21.0. The van der Waals surface area contributed by atoms with Crippen molar-refractivity contribution in [1.29, 1.82) is 0 Å². The van der Waals surface area contributed by atoms with E-state index in [2.05, 4.69) is 4.98 Å². The topological polar surface area (TPSA) is 119 Å². The summed E-state index contributed by atoms with van der Waals surface area (Å²) in [6, 6.07) is 2.53. The Bertz CT molecular complexity index is 1040. The van der Waals surface area contributed by atoms with E-state index in [0.717, 1.165) is 6.07 Å². The molecule has 0 spiro atoms. The smallest absolute Gasteiger partial charge is 0.301 e. The van der Waals surface area contributed by atoms with Gasteiger partial charge in [0.1, 0.15) is 0 Å². The number of carbonyl (C=O) groups is 3. The highest BCUT2D eigenvalue weighted by Gasteiger charge is 2.43. The number of aliphatic hydroxyl groups is 1. The van der Waals surface area contributed by atoms with Gasteiger partial charge in [0, 0.05) is 18.3 Å². The number of hydrogen-bond donors (Lipinski definition) is 2. The van der Waals surface area contributed by atoms with Crippen LogP contribution in [-0.4, -0.2) is 43.9 Å². The molecule has 2 aromatic heterocycles. The van der Waals surface area contributed by atoms with Crippen molar-refractivity contribution >= 4 is 23.3 Å². The SMILES string of the molecule is Cc1c(C(N)=O)c(C)n(C)c1C(=O)C(=O)N(c1ccc(F)nc1)C1(C)CCC(O)CC1. The van der Waals surface area contributed by atoms with E-state index >= 15 is 0 Å². The lowest BCUT2D eigenvalue weighted by Crippen LogP contribution is -2.55. The number of aromatic nitrogens is 2. The van der Waals surface area contributed by atoms with Gasteiger partial charge < -0.3 is 15.4 Å². The zero-order chi connectivity index (χ0) is 23.1. The molecule has 1 aliphatic rings. The molecule has 1 saturated carbocycles. The quantitative estimate of drug-likeness (QED) is 0.428. The van der Waals surface area contributed by atoms with E-state index in [1.54, 1.807) is 20.9 Å². The Balaban J connectivity index is 2.09. The number of Topliss-reactive ketones (excluding diaryl/α,β-unsaturated/α-hetero) is 1. The molecule has 0 bridgehead atoms. The van der Waals surface area contributed by atoms with Crippen molar-refractivity contribution in [2.45, 2.75) is 58.1 Å². The first-order valence-electron chi connectivity index (χ1n) is 10.1. The number of primary amides is 1. The summed E-state index contributed by atoms with van der Waals surface area (Å²) in [5, 5.41) is 9.93. The molecule has 1 aliphatic carbocycles. The molecule has 9 heteroatoms. The summed E-state index contributed by atoms with van der Waals surface area (Å²) in [5.74, 6) is -2.99. The second-order valence-corrected chi connectivity index (χ2v) is 8.39. The van der Waals surface area contributed by atoms with Crippen LogP contribution in [0.2, 0.25) is 0 Å². The van der Waals surface area contributed by atoms with Gasteiger partial charge in [0.15, 0.2) is 0 Å². The standard InChI is InChI=1S/C22H27FN4O4/c1-12-17(20(24)30)13(2)26(4)18(12)19(29)21(31)27(14-5-6-16(23)25-11-14)22(3)9-7-15(28)8-10-22/h5-6,11,15,28H,7-10H2,1-4H3,(H2,24,30). The van der Waals surface area contributed by atoms with Crippen LogP contribution in [0, 0.1) is 19.8 Å². The van der Waals surface area contributed by atoms with Crippen LogP contribution in [0.3, 0.4) is 0 Å². The molecule has 0 aliphatic heterocycles. The molecule has 0 unspecified atom stereocenters. The van der Waals surface area contributed by atoms with Crippen molar-refractivity contribution in [3.63, 3.8) is 0 Å². The second-order valence-electron chi connectivity index (χ2n) is 8.39. The Kier molecular flexibility index (Phi) is 6.00. The third kappa shape index (κ3) is 3.97. The lowest BCUT2D eigenvalue weighted by molar-refractivity contribution is -0.116.